The topological polar surface area (TPSA) is 17.1 Å². The summed E-state index contributed by atoms with van der Waals surface area (Å²) in [5.41, 5.74) is -0.405. The van der Waals surface area contributed by atoms with E-state index in [-0.39, 0.29) is 0 Å². The molecule has 0 aliphatic rings. The summed E-state index contributed by atoms with van der Waals surface area (Å²) in [7, 11) is 0. The van der Waals surface area contributed by atoms with Crippen LogP contribution in [0.2, 0.25) is 0 Å². The Hall–Kier alpha value is -0.230. The second-order valence-corrected chi connectivity index (χ2v) is 3.50. The van der Waals surface area contributed by atoms with Gasteiger partial charge in [0, 0.05) is 3.57 Å². The van der Waals surface area contributed by atoms with Crippen molar-refractivity contribution < 1.29 is 13.6 Å². The van der Waals surface area contributed by atoms with Crippen LogP contribution in [0.5, 0.6) is 0 Å². The molecule has 0 aromatic heterocycles. The van der Waals surface area contributed by atoms with Gasteiger partial charge in [-0.15, -0.1) is 0 Å². The smallest absolute Gasteiger partial charge is 0.256 e. The molecule has 0 aliphatic carbocycles. The molecule has 0 saturated heterocycles. The van der Waals surface area contributed by atoms with Crippen molar-refractivity contribution in [1.29, 1.82) is 0 Å². The van der Waals surface area contributed by atoms with E-state index >= 15 is 0 Å². The number of carbonyl (C=O) groups excluding carboxylic acids is 1. The van der Waals surface area contributed by atoms with E-state index < -0.39 is 22.4 Å². The number of hydrogen-bond donors (Lipinski definition) is 0. The monoisotopic (exact) mass is 302 g/mol. The van der Waals surface area contributed by atoms with Crippen molar-refractivity contribution in [2.75, 3.05) is 0 Å². The summed E-state index contributed by atoms with van der Waals surface area (Å²) < 4.78 is 25.7. The van der Waals surface area contributed by atoms with Crippen LogP contribution >= 0.6 is 34.2 Å². The van der Waals surface area contributed by atoms with Crippen LogP contribution in [0.25, 0.3) is 0 Å². The molecule has 0 atom stereocenters. The SMILES string of the molecule is O=C(Cl)c1c(I)ccc(F)c1F. The molecule has 0 aliphatic heterocycles. The van der Waals surface area contributed by atoms with Gasteiger partial charge in [-0.05, 0) is 46.3 Å². The maximum Gasteiger partial charge on any atom is 0.256 e. The van der Waals surface area contributed by atoms with Gasteiger partial charge in [0.1, 0.15) is 0 Å². The lowest BCUT2D eigenvalue weighted by Gasteiger charge is -2.00. The van der Waals surface area contributed by atoms with Gasteiger partial charge in [-0.2, -0.15) is 0 Å². The molecule has 0 bridgehead atoms. The van der Waals surface area contributed by atoms with E-state index in [0.717, 1.165) is 6.07 Å². The van der Waals surface area contributed by atoms with Crippen molar-refractivity contribution in [3.63, 3.8) is 0 Å². The predicted molar refractivity (Wildman–Crippen MR) is 49.3 cm³/mol. The van der Waals surface area contributed by atoms with Gasteiger partial charge in [-0.3, -0.25) is 4.79 Å². The van der Waals surface area contributed by atoms with Crippen molar-refractivity contribution in [2.45, 2.75) is 0 Å². The lowest BCUT2D eigenvalue weighted by Crippen LogP contribution is -2.00. The van der Waals surface area contributed by atoms with Crippen LogP contribution in [0, 0.1) is 15.2 Å². The van der Waals surface area contributed by atoms with Crippen LogP contribution in [0.3, 0.4) is 0 Å². The Bertz CT molecular complexity index is 340. The van der Waals surface area contributed by atoms with Crippen LogP contribution in [0.15, 0.2) is 12.1 Å². The fourth-order valence-corrected chi connectivity index (χ4v) is 1.71. The molecule has 0 spiro atoms. The molecule has 0 heterocycles. The van der Waals surface area contributed by atoms with Gasteiger partial charge in [0.2, 0.25) is 0 Å². The molecular formula is C7H2ClF2IO. The average Bonchev–Trinajstić information content (AvgIpc) is 1.97. The summed E-state index contributed by atoms with van der Waals surface area (Å²) in [5.74, 6) is -2.26. The highest BCUT2D eigenvalue weighted by Gasteiger charge is 2.16. The second kappa shape index (κ2) is 3.66. The summed E-state index contributed by atoms with van der Waals surface area (Å²) in [6.07, 6.45) is 0. The lowest BCUT2D eigenvalue weighted by molar-refractivity contribution is 0.107. The van der Waals surface area contributed by atoms with Crippen molar-refractivity contribution in [1.82, 2.24) is 0 Å². The average molecular weight is 302 g/mol. The van der Waals surface area contributed by atoms with Crippen molar-refractivity contribution in [2.24, 2.45) is 0 Å². The number of rotatable bonds is 1. The van der Waals surface area contributed by atoms with E-state index in [1.54, 1.807) is 22.6 Å². The third-order valence-electron chi connectivity index (χ3n) is 1.24. The predicted octanol–water partition coefficient (Wildman–Crippen LogP) is 2.95. The third-order valence-corrected chi connectivity index (χ3v) is 2.33. The zero-order valence-electron chi connectivity index (χ0n) is 5.57. The summed E-state index contributed by atoms with van der Waals surface area (Å²) in [6.45, 7) is 0. The Morgan fingerprint density at radius 3 is 2.42 bits per heavy atom. The molecule has 5 heteroatoms. The lowest BCUT2D eigenvalue weighted by atomic mass is 10.2. The molecule has 0 saturated carbocycles. The van der Waals surface area contributed by atoms with Gasteiger partial charge in [0.05, 0.1) is 5.56 Å². The Morgan fingerprint density at radius 1 is 1.42 bits per heavy atom. The highest BCUT2D eigenvalue weighted by Crippen LogP contribution is 2.20. The van der Waals surface area contributed by atoms with Gasteiger partial charge in [-0.25, -0.2) is 8.78 Å². The first-order chi connectivity index (χ1) is 5.54. The van der Waals surface area contributed by atoms with E-state index in [2.05, 4.69) is 0 Å². The Balaban J connectivity index is 3.43. The first kappa shape index (κ1) is 9.85. The van der Waals surface area contributed by atoms with E-state index in [9.17, 15) is 13.6 Å². The maximum atomic E-state index is 12.8. The molecule has 0 unspecified atom stereocenters. The zero-order chi connectivity index (χ0) is 9.30. The normalized spacial score (nSPS) is 10.0. The first-order valence-electron chi connectivity index (χ1n) is 2.87. The van der Waals surface area contributed by atoms with Crippen molar-refractivity contribution in [3.05, 3.63) is 32.9 Å². The molecule has 0 radical (unpaired) electrons. The summed E-state index contributed by atoms with van der Waals surface area (Å²) in [4.78, 5) is 10.6. The molecule has 1 rings (SSSR count). The summed E-state index contributed by atoms with van der Waals surface area (Å²) in [5, 5.41) is -0.989. The highest BCUT2D eigenvalue weighted by molar-refractivity contribution is 14.1. The van der Waals surface area contributed by atoms with E-state index in [1.807, 2.05) is 0 Å². The minimum atomic E-state index is -1.19. The van der Waals surface area contributed by atoms with Gasteiger partial charge in [-0.1, -0.05) is 0 Å². The number of hydrogen-bond acceptors (Lipinski definition) is 1. The molecule has 1 aromatic carbocycles. The largest absolute Gasteiger partial charge is 0.275 e. The van der Waals surface area contributed by atoms with Gasteiger partial charge < -0.3 is 0 Å². The number of benzene rings is 1. The summed E-state index contributed by atoms with van der Waals surface area (Å²) in [6, 6.07) is 2.23. The third kappa shape index (κ3) is 1.74. The molecule has 0 N–H and O–H groups in total. The maximum absolute atomic E-state index is 12.8. The van der Waals surface area contributed by atoms with E-state index in [1.165, 1.54) is 6.07 Å². The molecule has 1 aromatic rings. The molecule has 0 amide bonds. The quantitative estimate of drug-likeness (QED) is 0.443. The van der Waals surface area contributed by atoms with E-state index in [0.29, 0.717) is 3.57 Å². The molecular weight excluding hydrogens is 300 g/mol. The summed E-state index contributed by atoms with van der Waals surface area (Å²) >= 11 is 6.74. The first-order valence-corrected chi connectivity index (χ1v) is 4.33. The van der Waals surface area contributed by atoms with E-state index in [4.69, 9.17) is 11.6 Å². The minimum Gasteiger partial charge on any atom is -0.275 e. The van der Waals surface area contributed by atoms with Crippen molar-refractivity contribution in [3.8, 4) is 0 Å². The van der Waals surface area contributed by atoms with Gasteiger partial charge in [0.25, 0.3) is 5.24 Å². The molecule has 12 heavy (non-hydrogen) atoms. The van der Waals surface area contributed by atoms with Crippen LogP contribution in [0.1, 0.15) is 10.4 Å². The number of carbonyl (C=O) groups is 1. The van der Waals surface area contributed by atoms with Gasteiger partial charge in [0.15, 0.2) is 11.6 Å². The van der Waals surface area contributed by atoms with Crippen LogP contribution in [-0.4, -0.2) is 5.24 Å². The van der Waals surface area contributed by atoms with Crippen LogP contribution in [0.4, 0.5) is 8.78 Å². The molecule has 64 valence electrons. The Morgan fingerprint density at radius 2 is 2.00 bits per heavy atom. The highest BCUT2D eigenvalue weighted by atomic mass is 127. The fourth-order valence-electron chi connectivity index (χ4n) is 0.707. The molecule has 1 nitrogen and oxygen atoms in total. The fraction of sp³-hybridized carbons (Fsp3) is 0. The Kier molecular flexibility index (Phi) is 3.00. The zero-order valence-corrected chi connectivity index (χ0v) is 8.49. The minimum absolute atomic E-state index is 0.298. The molecule has 0 fully saturated rings. The Labute approximate surface area is 85.9 Å². The van der Waals surface area contributed by atoms with Crippen LogP contribution < -0.4 is 0 Å². The standard InChI is InChI=1S/C7H2ClF2IO/c8-7(12)5-4(11)2-1-3(9)6(5)10/h1-2H. The number of halogens is 4. The van der Waals surface area contributed by atoms with Gasteiger partial charge >= 0.3 is 0 Å². The second-order valence-electron chi connectivity index (χ2n) is 1.99. The van der Waals surface area contributed by atoms with Crippen molar-refractivity contribution >= 4 is 39.4 Å². The van der Waals surface area contributed by atoms with Crippen LogP contribution in [-0.2, 0) is 0 Å².